The maximum Gasteiger partial charge on any atom is 0.306 e. The summed E-state index contributed by atoms with van der Waals surface area (Å²) in [6.07, 6.45) is 52.4. The van der Waals surface area contributed by atoms with Gasteiger partial charge in [-0.15, -0.1) is 0 Å². The first kappa shape index (κ1) is 68.1. The third kappa shape index (κ3) is 38.3. The maximum absolute atomic E-state index is 13.4. The quantitative estimate of drug-likeness (QED) is 0.0195. The Balaban J connectivity index is 2.76. The van der Waals surface area contributed by atoms with Crippen LogP contribution in [0.15, 0.2) is 72.9 Å². The van der Waals surface area contributed by atoms with Gasteiger partial charge in [0.2, 0.25) is 5.91 Å². The van der Waals surface area contributed by atoms with Crippen LogP contribution >= 0.6 is 0 Å². The molecule has 1 aliphatic heterocycles. The molecule has 1 heterocycles. The molecule has 0 saturated carbocycles. The Labute approximate surface area is 445 Å². The van der Waals surface area contributed by atoms with E-state index in [2.05, 4.69) is 74.7 Å². The number of hydrogen-bond donors (Lipinski definition) is 6. The van der Waals surface area contributed by atoms with E-state index in [9.17, 15) is 35.1 Å². The molecule has 1 saturated heterocycles. The van der Waals surface area contributed by atoms with E-state index in [1.165, 1.54) is 122 Å². The number of allylic oxidation sites excluding steroid dienone is 11. The van der Waals surface area contributed by atoms with Crippen molar-refractivity contribution in [1.82, 2.24) is 5.32 Å². The zero-order chi connectivity index (χ0) is 53.3. The molecule has 0 aliphatic carbocycles. The highest BCUT2D eigenvalue weighted by Crippen LogP contribution is 2.26. The summed E-state index contributed by atoms with van der Waals surface area (Å²) in [7, 11) is 0. The number of amides is 1. The zero-order valence-corrected chi connectivity index (χ0v) is 46.5. The lowest BCUT2D eigenvalue weighted by Crippen LogP contribution is -2.61. The van der Waals surface area contributed by atoms with Crippen molar-refractivity contribution < 1.29 is 49.3 Å². The molecule has 11 nitrogen and oxygen atoms in total. The fraction of sp³-hybridized carbons (Fsp3) is 0.774. The molecule has 1 fully saturated rings. The molecule has 8 atom stereocenters. The van der Waals surface area contributed by atoms with Crippen LogP contribution in [0.25, 0.3) is 0 Å². The Bertz CT molecular complexity index is 1460. The SMILES string of the molecule is CCCCC/C=C\C/C=C\C/C=C\CCCCCCCC(O)C(=O)NC(COC1OC(CO)C(O)C(O)C1OC(=O)CC/C=C/C/C=C\CCCCCCCC)C(O)/C=C/CCCCCCCCCCCCC. The van der Waals surface area contributed by atoms with Gasteiger partial charge in [0.25, 0.3) is 0 Å². The summed E-state index contributed by atoms with van der Waals surface area (Å²) in [5.74, 6) is -1.28. The topological polar surface area (TPSA) is 175 Å². The van der Waals surface area contributed by atoms with Crippen molar-refractivity contribution in [3.63, 3.8) is 0 Å². The molecule has 0 bridgehead atoms. The first-order chi connectivity index (χ1) is 35.7. The molecular weight excluding hydrogens is 919 g/mol. The minimum Gasteiger partial charge on any atom is -0.454 e. The normalized spacial score (nSPS) is 19.9. The fourth-order valence-electron chi connectivity index (χ4n) is 8.83. The number of hydrogen-bond acceptors (Lipinski definition) is 10. The molecular formula is C62H109NO10. The van der Waals surface area contributed by atoms with Crippen LogP contribution in [-0.4, -0.2) is 99.6 Å². The zero-order valence-electron chi connectivity index (χ0n) is 46.5. The molecule has 0 aromatic carbocycles. The van der Waals surface area contributed by atoms with E-state index >= 15 is 0 Å². The number of nitrogens with one attached hydrogen (secondary N) is 1. The van der Waals surface area contributed by atoms with Gasteiger partial charge in [-0.05, 0) is 83.5 Å². The predicted molar refractivity (Wildman–Crippen MR) is 301 cm³/mol. The van der Waals surface area contributed by atoms with E-state index < -0.39 is 67.4 Å². The molecule has 6 N–H and O–H groups in total. The van der Waals surface area contributed by atoms with Crippen molar-refractivity contribution in [2.45, 2.75) is 294 Å². The number of aliphatic hydroxyl groups excluding tert-OH is 5. The van der Waals surface area contributed by atoms with Crippen LogP contribution in [-0.2, 0) is 23.8 Å². The second kappa shape index (κ2) is 49.9. The molecule has 0 radical (unpaired) electrons. The van der Waals surface area contributed by atoms with Gasteiger partial charge in [-0.1, -0.05) is 229 Å². The van der Waals surface area contributed by atoms with Gasteiger partial charge < -0.3 is 45.1 Å². The number of carbonyl (C=O) groups is 2. The molecule has 8 unspecified atom stereocenters. The second-order valence-corrected chi connectivity index (χ2v) is 20.4. The lowest BCUT2D eigenvalue weighted by Gasteiger charge is -2.41. The molecule has 422 valence electrons. The molecule has 0 aromatic heterocycles. The minimum absolute atomic E-state index is 0.0138. The number of ether oxygens (including phenoxy) is 3. The summed E-state index contributed by atoms with van der Waals surface area (Å²) in [6.45, 7) is 5.70. The van der Waals surface area contributed by atoms with Crippen molar-refractivity contribution in [3.8, 4) is 0 Å². The number of unbranched alkanes of at least 4 members (excludes halogenated alkanes) is 25. The third-order valence-corrected chi connectivity index (χ3v) is 13.6. The standard InChI is InChI=1S/C62H109NO10/c1-4-7-10-13-16-19-22-25-26-27-28-29-32-34-37-40-43-46-49-55(66)61(70)63-53(54(65)48-45-42-39-36-33-30-23-20-17-14-11-8-5-2)52-71-62-60(59(69)58(68)56(51-64)72-62)73-57(67)50-47-44-41-38-35-31-24-21-18-15-12-9-6-3/h16,19,25-26,28-29,31,35,41,44-45,48,53-56,58-60,62,64-66,68-69H,4-15,17-18,20-24,27,30,32-34,36-40,42-43,46-47,49-52H2,1-3H3,(H,63,70)/b19-16-,26-25-,29-28-,35-31-,44-41+,48-45+. The second-order valence-electron chi connectivity index (χ2n) is 20.4. The van der Waals surface area contributed by atoms with E-state index in [4.69, 9.17) is 14.2 Å². The summed E-state index contributed by atoms with van der Waals surface area (Å²) in [6, 6.07) is -1.04. The molecule has 11 heteroatoms. The molecule has 1 rings (SSSR count). The lowest BCUT2D eigenvalue weighted by molar-refractivity contribution is -0.305. The third-order valence-electron chi connectivity index (χ3n) is 13.6. The number of esters is 1. The van der Waals surface area contributed by atoms with Crippen LogP contribution in [0.4, 0.5) is 0 Å². The van der Waals surface area contributed by atoms with Crippen molar-refractivity contribution in [1.29, 1.82) is 0 Å². The smallest absolute Gasteiger partial charge is 0.306 e. The summed E-state index contributed by atoms with van der Waals surface area (Å²) in [5.41, 5.74) is 0. The van der Waals surface area contributed by atoms with E-state index in [-0.39, 0.29) is 19.4 Å². The van der Waals surface area contributed by atoms with E-state index in [1.807, 2.05) is 18.2 Å². The molecule has 1 aliphatic rings. The van der Waals surface area contributed by atoms with Gasteiger partial charge >= 0.3 is 5.97 Å². The maximum atomic E-state index is 13.4. The highest BCUT2D eigenvalue weighted by atomic mass is 16.7. The Kier molecular flexibility index (Phi) is 46.6. The van der Waals surface area contributed by atoms with Crippen molar-refractivity contribution in [2.75, 3.05) is 13.2 Å². The van der Waals surface area contributed by atoms with Crippen LogP contribution in [0.3, 0.4) is 0 Å². The van der Waals surface area contributed by atoms with E-state index in [0.29, 0.717) is 12.8 Å². The Morgan fingerprint density at radius 3 is 1.44 bits per heavy atom. The Morgan fingerprint density at radius 1 is 0.534 bits per heavy atom. The van der Waals surface area contributed by atoms with E-state index in [1.54, 1.807) is 6.08 Å². The van der Waals surface area contributed by atoms with Gasteiger partial charge in [-0.2, -0.15) is 0 Å². The summed E-state index contributed by atoms with van der Waals surface area (Å²) >= 11 is 0. The van der Waals surface area contributed by atoms with Gasteiger partial charge in [0.05, 0.1) is 25.4 Å². The first-order valence-corrected chi connectivity index (χ1v) is 29.7. The summed E-state index contributed by atoms with van der Waals surface area (Å²) in [5, 5.41) is 56.8. The molecule has 1 amide bonds. The van der Waals surface area contributed by atoms with Gasteiger partial charge in [0.1, 0.15) is 24.4 Å². The minimum atomic E-state index is -1.64. The highest BCUT2D eigenvalue weighted by molar-refractivity contribution is 5.80. The van der Waals surface area contributed by atoms with Gasteiger partial charge in [0.15, 0.2) is 12.4 Å². The van der Waals surface area contributed by atoms with Crippen LogP contribution in [0.5, 0.6) is 0 Å². The Hall–Kier alpha value is -2.90. The fourth-order valence-corrected chi connectivity index (χ4v) is 8.83. The average molecular weight is 1030 g/mol. The first-order valence-electron chi connectivity index (χ1n) is 29.7. The monoisotopic (exact) mass is 1030 g/mol. The average Bonchev–Trinajstić information content (AvgIpc) is 3.39. The van der Waals surface area contributed by atoms with Crippen LogP contribution in [0.1, 0.15) is 245 Å². The number of carbonyl (C=O) groups excluding carboxylic acids is 2. The summed E-state index contributed by atoms with van der Waals surface area (Å²) < 4.78 is 17.5. The van der Waals surface area contributed by atoms with Gasteiger partial charge in [-0.25, -0.2) is 0 Å². The molecule has 0 aromatic rings. The molecule has 0 spiro atoms. The van der Waals surface area contributed by atoms with Crippen molar-refractivity contribution in [2.24, 2.45) is 0 Å². The van der Waals surface area contributed by atoms with E-state index in [0.717, 1.165) is 77.0 Å². The molecule has 73 heavy (non-hydrogen) atoms. The number of aliphatic hydroxyl groups is 5. The Morgan fingerprint density at radius 2 is 0.945 bits per heavy atom. The highest BCUT2D eigenvalue weighted by Gasteiger charge is 2.47. The number of rotatable bonds is 49. The van der Waals surface area contributed by atoms with Crippen molar-refractivity contribution in [3.05, 3.63) is 72.9 Å². The van der Waals surface area contributed by atoms with Crippen molar-refractivity contribution >= 4 is 11.9 Å². The lowest BCUT2D eigenvalue weighted by atomic mass is 9.99. The summed E-state index contributed by atoms with van der Waals surface area (Å²) in [4.78, 5) is 26.4. The largest absolute Gasteiger partial charge is 0.454 e. The van der Waals surface area contributed by atoms with Crippen LogP contribution in [0, 0.1) is 0 Å². The van der Waals surface area contributed by atoms with Gasteiger partial charge in [-0.3, -0.25) is 9.59 Å². The van der Waals surface area contributed by atoms with Gasteiger partial charge in [0, 0.05) is 6.42 Å². The van der Waals surface area contributed by atoms with Crippen LogP contribution < -0.4 is 5.32 Å². The predicted octanol–water partition coefficient (Wildman–Crippen LogP) is 13.6. The van der Waals surface area contributed by atoms with Crippen LogP contribution in [0.2, 0.25) is 0 Å².